The molecule has 0 saturated carbocycles. The molecule has 1 fully saturated rings. The minimum atomic E-state index is -0.0338. The molecule has 150 valence electrons. The number of hydrogen-bond acceptors (Lipinski definition) is 2. The topological polar surface area (TPSA) is 32.3 Å². The maximum atomic E-state index is 12.2. The van der Waals surface area contributed by atoms with Crippen molar-refractivity contribution in [3.8, 4) is 0 Å². The molecule has 2 aromatic carbocycles. The first-order chi connectivity index (χ1) is 13.0. The number of carbonyl (C=O) groups excluding carboxylic acids is 1. The van der Waals surface area contributed by atoms with Gasteiger partial charge in [0.05, 0.1) is 12.7 Å². The Labute approximate surface area is 170 Å². The second-order valence-corrected chi connectivity index (χ2v) is 10.1. The molecule has 1 heterocycles. The maximum absolute atomic E-state index is 12.2. The summed E-state index contributed by atoms with van der Waals surface area (Å²) in [5.74, 6) is 0.243. The van der Waals surface area contributed by atoms with E-state index >= 15 is 0 Å². The van der Waals surface area contributed by atoms with Gasteiger partial charge in [-0.05, 0) is 33.1 Å². The Kier molecular flexibility index (Phi) is 5.42. The van der Waals surface area contributed by atoms with Gasteiger partial charge in [0.1, 0.15) is 0 Å². The van der Waals surface area contributed by atoms with E-state index in [-0.39, 0.29) is 28.8 Å². The van der Waals surface area contributed by atoms with Crippen molar-refractivity contribution in [1.29, 1.82) is 0 Å². The molecule has 1 aliphatic rings. The van der Waals surface area contributed by atoms with Crippen molar-refractivity contribution in [3.05, 3.63) is 70.8 Å². The highest BCUT2D eigenvalue weighted by Crippen LogP contribution is 2.34. The molecule has 0 aliphatic carbocycles. The molecule has 1 amide bonds. The first-order valence-corrected chi connectivity index (χ1v) is 10.2. The van der Waals surface area contributed by atoms with Crippen LogP contribution in [-0.4, -0.2) is 30.6 Å². The van der Waals surface area contributed by atoms with E-state index in [2.05, 4.69) is 95.4 Å². The third-order valence-corrected chi connectivity index (χ3v) is 5.86. The fourth-order valence-electron chi connectivity index (χ4n) is 3.89. The van der Waals surface area contributed by atoms with E-state index in [0.717, 1.165) is 0 Å². The van der Waals surface area contributed by atoms with Gasteiger partial charge in [-0.25, -0.2) is 0 Å². The highest BCUT2D eigenvalue weighted by Gasteiger charge is 2.35. The molecule has 1 atom stereocenters. The average Bonchev–Trinajstić information content (AvgIpc) is 2.94. The van der Waals surface area contributed by atoms with Crippen LogP contribution in [-0.2, 0) is 15.6 Å². The lowest BCUT2D eigenvalue weighted by molar-refractivity contribution is -0.126. The smallest absolute Gasteiger partial charge is 0.237 e. The SMILES string of the molecule is CN1C(=O)CN[C@H]1C(c1ccc(C(C)(C)C)cc1)c1ccc(C(C)(C)C)cc1. The van der Waals surface area contributed by atoms with Gasteiger partial charge < -0.3 is 4.90 Å². The molecule has 1 aliphatic heterocycles. The van der Waals surface area contributed by atoms with Crippen LogP contribution in [0.2, 0.25) is 0 Å². The lowest BCUT2D eigenvalue weighted by Gasteiger charge is -2.31. The monoisotopic (exact) mass is 378 g/mol. The molecule has 0 unspecified atom stereocenters. The third-order valence-electron chi connectivity index (χ3n) is 5.86. The summed E-state index contributed by atoms with van der Waals surface area (Å²) in [5, 5.41) is 3.42. The fourth-order valence-corrected chi connectivity index (χ4v) is 3.89. The molecule has 3 rings (SSSR count). The Morgan fingerprint density at radius 1 is 0.821 bits per heavy atom. The van der Waals surface area contributed by atoms with Crippen molar-refractivity contribution in [2.24, 2.45) is 0 Å². The van der Waals surface area contributed by atoms with E-state index in [9.17, 15) is 4.79 Å². The Bertz CT molecular complexity index is 765. The summed E-state index contributed by atoms with van der Waals surface area (Å²) >= 11 is 0. The van der Waals surface area contributed by atoms with E-state index in [1.165, 1.54) is 22.3 Å². The molecular weight excluding hydrogens is 344 g/mol. The van der Waals surface area contributed by atoms with Crippen LogP contribution in [0.5, 0.6) is 0 Å². The third kappa shape index (κ3) is 4.15. The summed E-state index contributed by atoms with van der Waals surface area (Å²) in [6.45, 7) is 13.8. The first-order valence-electron chi connectivity index (χ1n) is 10.2. The molecule has 3 heteroatoms. The molecule has 1 saturated heterocycles. The summed E-state index contributed by atoms with van der Waals surface area (Å²) in [6.07, 6.45) is -0.0338. The predicted octanol–water partition coefficient (Wildman–Crippen LogP) is 4.80. The van der Waals surface area contributed by atoms with Crippen LogP contribution < -0.4 is 5.32 Å². The summed E-state index contributed by atoms with van der Waals surface area (Å²) in [5.41, 5.74) is 5.36. The Morgan fingerprint density at radius 2 is 1.21 bits per heavy atom. The van der Waals surface area contributed by atoms with Gasteiger partial charge in [-0.15, -0.1) is 0 Å². The molecule has 0 aromatic heterocycles. The van der Waals surface area contributed by atoms with Crippen molar-refractivity contribution in [2.45, 2.75) is 64.5 Å². The number of rotatable bonds is 3. The van der Waals surface area contributed by atoms with Crippen LogP contribution in [0.15, 0.2) is 48.5 Å². The summed E-state index contributed by atoms with van der Waals surface area (Å²) in [4.78, 5) is 14.0. The van der Waals surface area contributed by atoms with Gasteiger partial charge in [-0.1, -0.05) is 90.1 Å². The van der Waals surface area contributed by atoms with Gasteiger partial charge in [0.25, 0.3) is 0 Å². The zero-order valence-electron chi connectivity index (χ0n) is 18.3. The standard InChI is InChI=1S/C25H34N2O/c1-24(2,3)19-12-8-17(9-13-19)22(23-26-16-21(28)27(23)7)18-10-14-20(15-11-18)25(4,5)6/h8-15,22-23,26H,16H2,1-7H3/t23-/m1/s1. The highest BCUT2D eigenvalue weighted by molar-refractivity contribution is 5.80. The van der Waals surface area contributed by atoms with E-state index < -0.39 is 0 Å². The maximum Gasteiger partial charge on any atom is 0.237 e. The van der Waals surface area contributed by atoms with Crippen LogP contribution >= 0.6 is 0 Å². The van der Waals surface area contributed by atoms with Crippen LogP contribution in [0.4, 0.5) is 0 Å². The number of amides is 1. The zero-order valence-corrected chi connectivity index (χ0v) is 18.3. The summed E-state index contributed by atoms with van der Waals surface area (Å²) in [7, 11) is 1.90. The Hall–Kier alpha value is -2.13. The average molecular weight is 379 g/mol. The van der Waals surface area contributed by atoms with Gasteiger partial charge in [-0.3, -0.25) is 10.1 Å². The molecule has 3 nitrogen and oxygen atoms in total. The zero-order chi connectivity index (χ0) is 20.7. The lowest BCUT2D eigenvalue weighted by Crippen LogP contribution is -2.40. The lowest BCUT2D eigenvalue weighted by atomic mass is 9.82. The number of nitrogens with one attached hydrogen (secondary N) is 1. The quantitative estimate of drug-likeness (QED) is 0.832. The molecule has 2 aromatic rings. The van der Waals surface area contributed by atoms with Gasteiger partial charge in [0, 0.05) is 13.0 Å². The van der Waals surface area contributed by atoms with Gasteiger partial charge in [0.2, 0.25) is 5.91 Å². The number of carbonyl (C=O) groups is 1. The number of likely N-dealkylation sites (N-methyl/N-ethyl adjacent to an activating group) is 1. The van der Waals surface area contributed by atoms with Crippen molar-refractivity contribution >= 4 is 5.91 Å². The van der Waals surface area contributed by atoms with Crippen molar-refractivity contribution in [1.82, 2.24) is 10.2 Å². The second-order valence-electron chi connectivity index (χ2n) is 10.1. The molecular formula is C25H34N2O. The molecule has 1 N–H and O–H groups in total. The number of nitrogens with zero attached hydrogens (tertiary/aromatic N) is 1. The number of benzene rings is 2. The highest BCUT2D eigenvalue weighted by atomic mass is 16.2. The minimum absolute atomic E-state index is 0.0338. The fraction of sp³-hybridized carbons (Fsp3) is 0.480. The largest absolute Gasteiger partial charge is 0.328 e. The van der Waals surface area contributed by atoms with Crippen LogP contribution in [0.1, 0.15) is 69.7 Å². The van der Waals surface area contributed by atoms with Gasteiger partial charge in [0.15, 0.2) is 0 Å². The van der Waals surface area contributed by atoms with E-state index in [1.54, 1.807) is 0 Å². The Morgan fingerprint density at radius 3 is 1.50 bits per heavy atom. The van der Waals surface area contributed by atoms with Gasteiger partial charge in [-0.2, -0.15) is 0 Å². The van der Waals surface area contributed by atoms with E-state index in [4.69, 9.17) is 0 Å². The predicted molar refractivity (Wildman–Crippen MR) is 117 cm³/mol. The molecule has 0 bridgehead atoms. The van der Waals surface area contributed by atoms with Crippen LogP contribution in [0.3, 0.4) is 0 Å². The molecule has 0 spiro atoms. The van der Waals surface area contributed by atoms with Crippen LogP contribution in [0, 0.1) is 0 Å². The van der Waals surface area contributed by atoms with Crippen molar-refractivity contribution < 1.29 is 4.79 Å². The first kappa shape index (κ1) is 20.6. The van der Waals surface area contributed by atoms with Crippen molar-refractivity contribution in [2.75, 3.05) is 13.6 Å². The van der Waals surface area contributed by atoms with E-state index in [0.29, 0.717) is 6.54 Å². The normalized spacial score (nSPS) is 18.2. The number of hydrogen-bond donors (Lipinski definition) is 1. The minimum Gasteiger partial charge on any atom is -0.328 e. The van der Waals surface area contributed by atoms with Crippen LogP contribution in [0.25, 0.3) is 0 Å². The second kappa shape index (κ2) is 7.36. The van der Waals surface area contributed by atoms with Crippen molar-refractivity contribution in [3.63, 3.8) is 0 Å². The summed E-state index contributed by atoms with van der Waals surface area (Å²) in [6, 6.07) is 17.8. The molecule has 0 radical (unpaired) electrons. The Balaban J connectivity index is 2.02. The molecule has 28 heavy (non-hydrogen) atoms. The van der Waals surface area contributed by atoms with Gasteiger partial charge >= 0.3 is 0 Å². The summed E-state index contributed by atoms with van der Waals surface area (Å²) < 4.78 is 0. The van der Waals surface area contributed by atoms with E-state index in [1.807, 2.05) is 11.9 Å².